The topological polar surface area (TPSA) is 80.0 Å². The zero-order valence-electron chi connectivity index (χ0n) is 15.6. The number of hydrogen-bond acceptors (Lipinski definition) is 6. The van der Waals surface area contributed by atoms with Gasteiger partial charge in [-0.2, -0.15) is 0 Å². The minimum absolute atomic E-state index is 0.146. The second-order valence-corrected chi connectivity index (χ2v) is 5.57. The van der Waals surface area contributed by atoms with Crippen LogP contribution in [0.1, 0.15) is 22.8 Å². The van der Waals surface area contributed by atoms with Crippen molar-refractivity contribution in [3.63, 3.8) is 0 Å². The van der Waals surface area contributed by atoms with E-state index in [9.17, 15) is 4.79 Å². The van der Waals surface area contributed by atoms with Crippen LogP contribution < -0.4 is 24.7 Å². The van der Waals surface area contributed by atoms with Gasteiger partial charge < -0.3 is 24.7 Å². The van der Waals surface area contributed by atoms with Crippen LogP contribution in [0.4, 0.5) is 5.69 Å². The monoisotopic (exact) mass is 357 g/mol. The number of anilines is 1. The van der Waals surface area contributed by atoms with Gasteiger partial charge in [-0.25, -0.2) is 0 Å². The second-order valence-electron chi connectivity index (χ2n) is 5.57. The van der Waals surface area contributed by atoms with E-state index in [1.54, 1.807) is 64.7 Å². The molecule has 0 aliphatic carbocycles. The number of methoxy groups -OCH3 is 4. The van der Waals surface area contributed by atoms with Gasteiger partial charge in [-0.15, -0.1) is 0 Å². The largest absolute Gasteiger partial charge is 0.497 e. The summed E-state index contributed by atoms with van der Waals surface area (Å²) < 4.78 is 21.2. The number of allylic oxidation sites excluding steroid dienone is 1. The molecule has 2 aromatic carbocycles. The van der Waals surface area contributed by atoms with Crippen molar-refractivity contribution >= 4 is 17.5 Å². The highest BCUT2D eigenvalue weighted by Gasteiger charge is 2.15. The fourth-order valence-electron chi connectivity index (χ4n) is 2.57. The van der Waals surface area contributed by atoms with E-state index in [0.29, 0.717) is 45.4 Å². The average molecular weight is 357 g/mol. The molecule has 26 heavy (non-hydrogen) atoms. The van der Waals surface area contributed by atoms with E-state index in [-0.39, 0.29) is 5.78 Å². The van der Waals surface area contributed by atoms with Crippen molar-refractivity contribution in [3.8, 4) is 23.0 Å². The number of Topliss-reactive ketones (excluding diaryl/α,β-unsaturated/α-hetero) is 1. The van der Waals surface area contributed by atoms with E-state index in [0.717, 1.165) is 0 Å². The highest BCUT2D eigenvalue weighted by Crippen LogP contribution is 2.37. The molecule has 0 unspecified atom stereocenters. The molecule has 0 saturated carbocycles. The number of carbonyl (C=O) groups is 1. The van der Waals surface area contributed by atoms with Crippen LogP contribution in [0.3, 0.4) is 0 Å². The van der Waals surface area contributed by atoms with Gasteiger partial charge in [0.2, 0.25) is 0 Å². The molecule has 0 aliphatic rings. The molecule has 2 aromatic rings. The lowest BCUT2D eigenvalue weighted by molar-refractivity contribution is 0.103. The molecule has 0 bridgehead atoms. The summed E-state index contributed by atoms with van der Waals surface area (Å²) in [6, 6.07) is 8.44. The minimum Gasteiger partial charge on any atom is -0.497 e. The molecule has 0 aliphatic heterocycles. The summed E-state index contributed by atoms with van der Waals surface area (Å²) >= 11 is 0. The highest BCUT2D eigenvalue weighted by atomic mass is 16.5. The molecule has 0 fully saturated rings. The van der Waals surface area contributed by atoms with Crippen LogP contribution in [-0.2, 0) is 0 Å². The van der Waals surface area contributed by atoms with Crippen molar-refractivity contribution in [2.24, 2.45) is 0 Å². The summed E-state index contributed by atoms with van der Waals surface area (Å²) in [5.74, 6) is 1.96. The second kappa shape index (κ2) is 8.29. The van der Waals surface area contributed by atoms with Gasteiger partial charge in [0.1, 0.15) is 11.5 Å². The fraction of sp³-hybridized carbons (Fsp3) is 0.250. The quantitative estimate of drug-likeness (QED) is 0.463. The number of nitrogens with two attached hydrogens (primary N) is 1. The van der Waals surface area contributed by atoms with E-state index in [2.05, 4.69) is 0 Å². The van der Waals surface area contributed by atoms with Crippen LogP contribution in [0.5, 0.6) is 23.0 Å². The van der Waals surface area contributed by atoms with Crippen LogP contribution in [0.25, 0.3) is 6.08 Å². The van der Waals surface area contributed by atoms with Crippen molar-refractivity contribution in [2.45, 2.75) is 6.92 Å². The Kier molecular flexibility index (Phi) is 6.11. The standard InChI is InChI=1S/C20H23NO5/c1-12(19(22)13-6-7-16(21)17(10-13)24-3)8-14-9-15(23-2)11-18(25-4)20(14)26-5/h6-11H,21H2,1-5H3. The lowest BCUT2D eigenvalue weighted by atomic mass is 10.0. The molecular weight excluding hydrogens is 334 g/mol. The van der Waals surface area contributed by atoms with Gasteiger partial charge in [-0.1, -0.05) is 0 Å². The van der Waals surface area contributed by atoms with Gasteiger partial charge in [0.05, 0.1) is 34.1 Å². The Morgan fingerprint density at radius 2 is 1.62 bits per heavy atom. The Balaban J connectivity index is 2.47. The maximum Gasteiger partial charge on any atom is 0.188 e. The lowest BCUT2D eigenvalue weighted by Crippen LogP contribution is -2.03. The number of ketones is 1. The van der Waals surface area contributed by atoms with Crippen LogP contribution in [0.2, 0.25) is 0 Å². The molecule has 0 spiro atoms. The molecule has 0 aromatic heterocycles. The molecule has 0 radical (unpaired) electrons. The van der Waals surface area contributed by atoms with E-state index in [1.165, 1.54) is 7.11 Å². The normalized spacial score (nSPS) is 11.0. The smallest absolute Gasteiger partial charge is 0.188 e. The molecule has 0 saturated heterocycles. The van der Waals surface area contributed by atoms with E-state index in [4.69, 9.17) is 24.7 Å². The first-order valence-corrected chi connectivity index (χ1v) is 7.91. The Bertz CT molecular complexity index is 842. The van der Waals surface area contributed by atoms with Crippen LogP contribution >= 0.6 is 0 Å². The number of rotatable bonds is 7. The highest BCUT2D eigenvalue weighted by molar-refractivity contribution is 6.11. The third-order valence-corrected chi connectivity index (χ3v) is 3.94. The Labute approximate surface area is 153 Å². The third kappa shape index (κ3) is 3.91. The third-order valence-electron chi connectivity index (χ3n) is 3.94. The summed E-state index contributed by atoms with van der Waals surface area (Å²) in [7, 11) is 6.16. The molecule has 138 valence electrons. The Hall–Kier alpha value is -3.15. The zero-order valence-corrected chi connectivity index (χ0v) is 15.6. The number of carbonyl (C=O) groups excluding carboxylic acids is 1. The predicted molar refractivity (Wildman–Crippen MR) is 101 cm³/mol. The molecule has 2 N–H and O–H groups in total. The minimum atomic E-state index is -0.146. The summed E-state index contributed by atoms with van der Waals surface area (Å²) in [6.45, 7) is 1.73. The van der Waals surface area contributed by atoms with Crippen LogP contribution in [-0.4, -0.2) is 34.2 Å². The lowest BCUT2D eigenvalue weighted by Gasteiger charge is -2.13. The summed E-state index contributed by atoms with van der Waals surface area (Å²) in [4.78, 5) is 12.8. The SMILES string of the molecule is COc1cc(C=C(C)C(=O)c2ccc(N)c(OC)c2)c(OC)c(OC)c1. The number of hydrogen-bond donors (Lipinski definition) is 1. The van der Waals surface area contributed by atoms with Crippen LogP contribution in [0, 0.1) is 0 Å². The van der Waals surface area contributed by atoms with Gasteiger partial charge in [0.25, 0.3) is 0 Å². The zero-order chi connectivity index (χ0) is 19.3. The summed E-state index contributed by atoms with van der Waals surface area (Å²) in [6.07, 6.45) is 1.73. The average Bonchev–Trinajstić information content (AvgIpc) is 2.66. The summed E-state index contributed by atoms with van der Waals surface area (Å²) in [5.41, 5.74) is 7.96. The predicted octanol–water partition coefficient (Wildman–Crippen LogP) is 3.59. The first kappa shape index (κ1) is 19.2. The Morgan fingerprint density at radius 3 is 2.19 bits per heavy atom. The molecule has 0 atom stereocenters. The van der Waals surface area contributed by atoms with Gasteiger partial charge >= 0.3 is 0 Å². The number of nitrogen functional groups attached to an aromatic ring is 1. The van der Waals surface area contributed by atoms with Gasteiger partial charge in [0, 0.05) is 17.2 Å². The van der Waals surface area contributed by atoms with E-state index in [1.807, 2.05) is 0 Å². The molecule has 0 heterocycles. The maximum absolute atomic E-state index is 12.8. The molecule has 6 nitrogen and oxygen atoms in total. The first-order valence-electron chi connectivity index (χ1n) is 7.91. The molecule has 6 heteroatoms. The van der Waals surface area contributed by atoms with Gasteiger partial charge in [0.15, 0.2) is 17.3 Å². The van der Waals surface area contributed by atoms with Crippen molar-refractivity contribution in [1.29, 1.82) is 0 Å². The molecule has 0 amide bonds. The van der Waals surface area contributed by atoms with Crippen molar-refractivity contribution in [3.05, 3.63) is 47.0 Å². The fourth-order valence-corrected chi connectivity index (χ4v) is 2.57. The maximum atomic E-state index is 12.8. The van der Waals surface area contributed by atoms with Crippen molar-refractivity contribution in [2.75, 3.05) is 34.2 Å². The first-order chi connectivity index (χ1) is 12.4. The van der Waals surface area contributed by atoms with Crippen molar-refractivity contribution < 1.29 is 23.7 Å². The van der Waals surface area contributed by atoms with Gasteiger partial charge in [-0.05, 0) is 42.8 Å². The molecular formula is C20H23NO5. The van der Waals surface area contributed by atoms with E-state index < -0.39 is 0 Å². The Morgan fingerprint density at radius 1 is 0.923 bits per heavy atom. The van der Waals surface area contributed by atoms with E-state index >= 15 is 0 Å². The van der Waals surface area contributed by atoms with Crippen molar-refractivity contribution in [1.82, 2.24) is 0 Å². The summed E-state index contributed by atoms with van der Waals surface area (Å²) in [5, 5.41) is 0. The molecule has 2 rings (SSSR count). The van der Waals surface area contributed by atoms with Gasteiger partial charge in [-0.3, -0.25) is 4.79 Å². The number of ether oxygens (including phenoxy) is 4. The number of benzene rings is 2. The van der Waals surface area contributed by atoms with Crippen LogP contribution in [0.15, 0.2) is 35.9 Å².